The summed E-state index contributed by atoms with van der Waals surface area (Å²) in [4.78, 5) is 68.7. The second-order valence-electron chi connectivity index (χ2n) is 11.7. The van der Waals surface area contributed by atoms with E-state index < -0.39 is 36.0 Å². The zero-order chi connectivity index (χ0) is 35.2. The highest BCUT2D eigenvalue weighted by molar-refractivity contribution is 6.37. The molecule has 1 saturated heterocycles. The van der Waals surface area contributed by atoms with Crippen LogP contribution in [0.2, 0.25) is 0 Å². The van der Waals surface area contributed by atoms with Crippen molar-refractivity contribution in [3.05, 3.63) is 89.5 Å². The number of anilines is 3. The highest BCUT2D eigenvalue weighted by Gasteiger charge is 2.35. The predicted molar refractivity (Wildman–Crippen MR) is 180 cm³/mol. The van der Waals surface area contributed by atoms with Gasteiger partial charge in [0.15, 0.2) is 12.2 Å². The second-order valence-corrected chi connectivity index (χ2v) is 11.7. The number of carbonyl (C=O) groups is 5. The van der Waals surface area contributed by atoms with Gasteiger partial charge in [-0.2, -0.15) is 0 Å². The zero-order valence-electron chi connectivity index (χ0n) is 27.2. The van der Waals surface area contributed by atoms with Gasteiger partial charge in [-0.15, -0.1) is 0 Å². The number of nitrogens with zero attached hydrogens (tertiary/aromatic N) is 3. The summed E-state index contributed by atoms with van der Waals surface area (Å²) < 4.78 is 8.92. The molecule has 0 bridgehead atoms. The van der Waals surface area contributed by atoms with Crippen molar-refractivity contribution < 1.29 is 43.7 Å². The van der Waals surface area contributed by atoms with E-state index in [2.05, 4.69) is 37.0 Å². The number of carbonyl (C=O) groups excluding carboxylic acids is 5. The van der Waals surface area contributed by atoms with Crippen molar-refractivity contribution >= 4 is 58.1 Å². The van der Waals surface area contributed by atoms with Crippen LogP contribution in [0, 0.1) is 0 Å². The van der Waals surface area contributed by atoms with Crippen LogP contribution >= 0.6 is 0 Å². The Balaban J connectivity index is 1.36. The molecule has 2 atom stereocenters. The van der Waals surface area contributed by atoms with E-state index >= 15 is 0 Å². The van der Waals surface area contributed by atoms with Gasteiger partial charge >= 0.3 is 17.9 Å². The van der Waals surface area contributed by atoms with E-state index in [-0.39, 0.29) is 22.7 Å². The molecular formula is C35H37N5O9. The molecule has 0 spiro atoms. The minimum Gasteiger partial charge on any atom is -0.467 e. The molecule has 2 amide bonds. The third-order valence-corrected chi connectivity index (χ3v) is 8.34. The largest absolute Gasteiger partial charge is 0.467 e. The molecule has 0 aliphatic carbocycles. The van der Waals surface area contributed by atoms with Gasteiger partial charge in [0.25, 0.3) is 5.91 Å². The molecule has 2 unspecified atom stereocenters. The van der Waals surface area contributed by atoms with Crippen LogP contribution in [0.3, 0.4) is 0 Å². The summed E-state index contributed by atoms with van der Waals surface area (Å²) in [7, 11) is 4.76. The van der Waals surface area contributed by atoms with Gasteiger partial charge in [0, 0.05) is 50.2 Å². The van der Waals surface area contributed by atoms with E-state index in [1.807, 2.05) is 54.6 Å². The summed E-state index contributed by atoms with van der Waals surface area (Å²) in [6.07, 6.45) is -4.59. The van der Waals surface area contributed by atoms with Crippen LogP contribution in [0.15, 0.2) is 72.8 Å². The number of hydrogen-bond donors (Lipinski definition) is 4. The molecule has 14 heteroatoms. The monoisotopic (exact) mass is 671 g/mol. The standard InChI is InChI=1S/C35H37N5O9/c1-38-15-17-40(18-16-38)20-27(41)39(2)24-12-10-23(11-13-24)36-29(21-7-5-4-6-8-21)28-25-14-9-22(19-26(25)37-32(28)44)33(45)49-35(47)31(43)30(42)34(46)48-3/h4-14,19,30-31,36,42-43H,15-18,20H2,1-3H3,(H,37,44)/b29-28-. The first-order chi connectivity index (χ1) is 23.5. The molecule has 3 aromatic rings. The third-order valence-electron chi connectivity index (χ3n) is 8.34. The molecule has 4 N–H and O–H groups in total. The maximum absolute atomic E-state index is 13.4. The maximum Gasteiger partial charge on any atom is 0.346 e. The molecule has 0 aromatic heterocycles. The van der Waals surface area contributed by atoms with E-state index in [1.165, 1.54) is 18.2 Å². The smallest absolute Gasteiger partial charge is 0.346 e. The molecule has 14 nitrogen and oxygen atoms in total. The van der Waals surface area contributed by atoms with Crippen molar-refractivity contribution in [3.8, 4) is 0 Å². The van der Waals surface area contributed by atoms with Crippen LogP contribution < -0.4 is 15.5 Å². The number of fused-ring (bicyclic) bond motifs is 1. The van der Waals surface area contributed by atoms with Gasteiger partial charge in [0.2, 0.25) is 5.91 Å². The molecule has 49 heavy (non-hydrogen) atoms. The lowest BCUT2D eigenvalue weighted by molar-refractivity contribution is -0.168. The number of esters is 3. The lowest BCUT2D eigenvalue weighted by Crippen LogP contribution is -2.48. The maximum atomic E-state index is 13.4. The summed E-state index contributed by atoms with van der Waals surface area (Å²) in [5, 5.41) is 25.6. The Hall–Kier alpha value is -5.41. The molecular weight excluding hydrogens is 634 g/mol. The Morgan fingerprint density at radius 2 is 1.55 bits per heavy atom. The van der Waals surface area contributed by atoms with Crippen LogP contribution in [0.1, 0.15) is 21.5 Å². The number of benzene rings is 3. The number of rotatable bonds is 10. The molecule has 256 valence electrons. The number of aliphatic hydroxyl groups excluding tert-OH is 2. The van der Waals surface area contributed by atoms with Crippen LogP contribution in [0.25, 0.3) is 11.3 Å². The Labute approximate surface area is 282 Å². The topological polar surface area (TPSA) is 178 Å². The summed E-state index contributed by atoms with van der Waals surface area (Å²) in [6.45, 7) is 3.85. The predicted octanol–water partition coefficient (Wildman–Crippen LogP) is 1.41. The van der Waals surface area contributed by atoms with Gasteiger partial charge in [0.05, 0.1) is 36.2 Å². The summed E-state index contributed by atoms with van der Waals surface area (Å²) >= 11 is 0. The summed E-state index contributed by atoms with van der Waals surface area (Å²) in [6, 6.07) is 20.6. The molecule has 0 radical (unpaired) electrons. The van der Waals surface area contributed by atoms with Gasteiger partial charge < -0.3 is 40.1 Å². The number of likely N-dealkylation sites (N-methyl/N-ethyl adjacent to an activating group) is 2. The lowest BCUT2D eigenvalue weighted by atomic mass is 9.99. The highest BCUT2D eigenvalue weighted by atomic mass is 16.6. The van der Waals surface area contributed by atoms with Gasteiger partial charge in [-0.1, -0.05) is 36.4 Å². The first kappa shape index (κ1) is 34.9. The minimum absolute atomic E-state index is 0.0147. The second kappa shape index (κ2) is 15.2. The van der Waals surface area contributed by atoms with Gasteiger partial charge in [-0.3, -0.25) is 14.5 Å². The Kier molecular flexibility index (Phi) is 10.8. The molecule has 2 aliphatic heterocycles. The van der Waals surface area contributed by atoms with Gasteiger partial charge in [-0.25, -0.2) is 14.4 Å². The van der Waals surface area contributed by atoms with Crippen LogP contribution in [-0.4, -0.2) is 116 Å². The molecule has 0 saturated carbocycles. The number of nitrogens with one attached hydrogen (secondary N) is 2. The molecule has 5 rings (SSSR count). The number of methoxy groups -OCH3 is 1. The fourth-order valence-corrected chi connectivity index (χ4v) is 5.38. The van der Waals surface area contributed by atoms with Gasteiger partial charge in [-0.05, 0) is 49.0 Å². The molecule has 3 aromatic carbocycles. The Morgan fingerprint density at radius 1 is 0.898 bits per heavy atom. The highest BCUT2D eigenvalue weighted by Crippen LogP contribution is 2.38. The molecule has 2 aliphatic rings. The number of ether oxygens (including phenoxy) is 2. The Morgan fingerprint density at radius 3 is 2.20 bits per heavy atom. The van der Waals surface area contributed by atoms with Crippen molar-refractivity contribution in [3.63, 3.8) is 0 Å². The third kappa shape index (κ3) is 8.01. The van der Waals surface area contributed by atoms with Crippen molar-refractivity contribution in [2.75, 3.05) is 69.5 Å². The van der Waals surface area contributed by atoms with Crippen molar-refractivity contribution in [2.45, 2.75) is 12.2 Å². The van der Waals surface area contributed by atoms with E-state index in [0.717, 1.165) is 33.3 Å². The van der Waals surface area contributed by atoms with Crippen molar-refractivity contribution in [1.29, 1.82) is 0 Å². The van der Waals surface area contributed by atoms with Crippen LogP contribution in [0.5, 0.6) is 0 Å². The summed E-state index contributed by atoms with van der Waals surface area (Å²) in [5.41, 5.74) is 3.44. The molecule has 2 heterocycles. The van der Waals surface area contributed by atoms with Gasteiger partial charge in [0.1, 0.15) is 0 Å². The van der Waals surface area contributed by atoms with Crippen molar-refractivity contribution in [2.24, 2.45) is 0 Å². The fourth-order valence-electron chi connectivity index (χ4n) is 5.38. The molecule has 1 fully saturated rings. The lowest BCUT2D eigenvalue weighted by Gasteiger charge is -2.32. The summed E-state index contributed by atoms with van der Waals surface area (Å²) in [5.74, 6) is -4.48. The van der Waals surface area contributed by atoms with E-state index in [0.29, 0.717) is 34.7 Å². The fraction of sp³-hybridized carbons (Fsp3) is 0.286. The average Bonchev–Trinajstić information content (AvgIpc) is 3.45. The first-order valence-corrected chi connectivity index (χ1v) is 15.5. The average molecular weight is 672 g/mol. The first-order valence-electron chi connectivity index (χ1n) is 15.5. The minimum atomic E-state index is -2.35. The zero-order valence-corrected chi connectivity index (χ0v) is 27.2. The normalized spacial score (nSPS) is 16.9. The van der Waals surface area contributed by atoms with E-state index in [9.17, 15) is 34.2 Å². The quantitative estimate of drug-likeness (QED) is 0.139. The number of piperazine rings is 1. The van der Waals surface area contributed by atoms with E-state index in [1.54, 1.807) is 11.9 Å². The van der Waals surface area contributed by atoms with Crippen LogP contribution in [0.4, 0.5) is 17.1 Å². The number of amides is 2. The van der Waals surface area contributed by atoms with E-state index in [4.69, 9.17) is 0 Å². The number of hydrogen-bond acceptors (Lipinski definition) is 12. The van der Waals surface area contributed by atoms with Crippen molar-refractivity contribution in [1.82, 2.24) is 9.80 Å². The Bertz CT molecular complexity index is 1770. The van der Waals surface area contributed by atoms with Crippen LogP contribution in [-0.2, 0) is 28.7 Å². The number of aliphatic hydroxyl groups is 2. The SMILES string of the molecule is COC(=O)C(O)C(O)C(=O)OC(=O)c1ccc2c(c1)NC(=O)/C2=C(\Nc1ccc(N(C)C(=O)CN2CCN(C)CC2)cc1)c1ccccc1.